The van der Waals surface area contributed by atoms with Crippen LogP contribution >= 0.6 is 0 Å². The third kappa shape index (κ3) is 4.42. The van der Waals surface area contributed by atoms with Gasteiger partial charge in [-0.15, -0.1) is 0 Å². The van der Waals surface area contributed by atoms with E-state index >= 15 is 0 Å². The summed E-state index contributed by atoms with van der Waals surface area (Å²) in [5.74, 6) is -0.295. The van der Waals surface area contributed by atoms with Gasteiger partial charge in [-0.05, 0) is 36.6 Å². The number of aromatic amines is 1. The number of carbonyl (C=O) groups is 3. The Morgan fingerprint density at radius 1 is 0.917 bits per heavy atom. The third-order valence-corrected chi connectivity index (χ3v) is 6.84. The normalized spacial score (nSPS) is 17.2. The van der Waals surface area contributed by atoms with Crippen molar-refractivity contribution >= 4 is 28.6 Å². The number of amides is 3. The molecule has 1 saturated heterocycles. The minimum absolute atomic E-state index is 0.125. The van der Waals surface area contributed by atoms with Crippen molar-refractivity contribution in [2.24, 2.45) is 5.92 Å². The number of benzene rings is 2. The molecule has 1 aromatic heterocycles. The minimum atomic E-state index is -0.831. The summed E-state index contributed by atoms with van der Waals surface area (Å²) in [6, 6.07) is 13.1. The second-order valence-corrected chi connectivity index (χ2v) is 9.80. The third-order valence-electron chi connectivity index (χ3n) is 6.84. The molecule has 2 aliphatic heterocycles. The average Bonchev–Trinajstić information content (AvgIpc) is 3.12. The van der Waals surface area contributed by atoms with Gasteiger partial charge in [0.05, 0.1) is 28.6 Å². The van der Waals surface area contributed by atoms with Crippen LogP contribution < -0.4 is 5.56 Å². The van der Waals surface area contributed by atoms with Gasteiger partial charge in [-0.2, -0.15) is 0 Å². The van der Waals surface area contributed by atoms with Gasteiger partial charge in [-0.25, -0.2) is 4.98 Å². The molecule has 0 radical (unpaired) electrons. The largest absolute Gasteiger partial charge is 0.338 e. The lowest BCUT2D eigenvalue weighted by Crippen LogP contribution is -2.56. The number of nitrogens with zero attached hydrogens (tertiary/aromatic N) is 4. The molecule has 2 aromatic carbocycles. The fraction of sp³-hybridized carbons (Fsp3) is 0.370. The Bertz CT molecular complexity index is 1360. The highest BCUT2D eigenvalue weighted by Gasteiger charge is 2.44. The first kappa shape index (κ1) is 23.9. The van der Waals surface area contributed by atoms with Crippen LogP contribution in [0.15, 0.2) is 53.3 Å². The number of H-pyrrole nitrogens is 1. The molecule has 2 aliphatic rings. The number of rotatable bonds is 6. The van der Waals surface area contributed by atoms with Gasteiger partial charge in [0.15, 0.2) is 0 Å². The number of carbonyl (C=O) groups excluding carboxylic acids is 3. The number of fused-ring (bicyclic) bond motifs is 2. The van der Waals surface area contributed by atoms with Crippen LogP contribution in [0.2, 0.25) is 0 Å². The Kier molecular flexibility index (Phi) is 6.40. The van der Waals surface area contributed by atoms with Crippen LogP contribution in [0.5, 0.6) is 0 Å². The Morgan fingerprint density at radius 3 is 2.17 bits per heavy atom. The van der Waals surface area contributed by atoms with Crippen molar-refractivity contribution in [1.82, 2.24) is 24.7 Å². The lowest BCUT2D eigenvalue weighted by atomic mass is 10.0. The SMILES string of the molecule is CC(C)C[C@@H](C(=O)N1CCN(Cc2nc3ccccc3c(=O)[nH]2)CC1)N1C(=O)c2ccccc2C1=O. The van der Waals surface area contributed by atoms with E-state index in [9.17, 15) is 19.2 Å². The van der Waals surface area contributed by atoms with Gasteiger partial charge in [-0.3, -0.25) is 29.0 Å². The smallest absolute Gasteiger partial charge is 0.262 e. The quantitative estimate of drug-likeness (QED) is 0.535. The van der Waals surface area contributed by atoms with Gasteiger partial charge >= 0.3 is 0 Å². The van der Waals surface area contributed by atoms with Crippen molar-refractivity contribution in [2.45, 2.75) is 32.9 Å². The van der Waals surface area contributed by atoms with Crippen LogP contribution in [0, 0.1) is 5.92 Å². The van der Waals surface area contributed by atoms with Gasteiger partial charge in [0.2, 0.25) is 5.91 Å². The summed E-state index contributed by atoms with van der Waals surface area (Å²) in [5.41, 5.74) is 1.20. The highest BCUT2D eigenvalue weighted by atomic mass is 16.2. The molecule has 36 heavy (non-hydrogen) atoms. The van der Waals surface area contributed by atoms with E-state index in [4.69, 9.17) is 0 Å². The minimum Gasteiger partial charge on any atom is -0.338 e. The number of hydrogen-bond donors (Lipinski definition) is 1. The van der Waals surface area contributed by atoms with Crippen molar-refractivity contribution in [3.8, 4) is 0 Å². The Labute approximate surface area is 208 Å². The first-order valence-electron chi connectivity index (χ1n) is 12.3. The summed E-state index contributed by atoms with van der Waals surface area (Å²) in [7, 11) is 0. The zero-order valence-corrected chi connectivity index (χ0v) is 20.4. The molecule has 0 aliphatic carbocycles. The van der Waals surface area contributed by atoms with E-state index in [-0.39, 0.29) is 17.4 Å². The summed E-state index contributed by atoms with van der Waals surface area (Å²) < 4.78 is 0. The topological polar surface area (TPSA) is 107 Å². The van der Waals surface area contributed by atoms with Gasteiger partial charge in [-0.1, -0.05) is 38.1 Å². The number of piperazine rings is 1. The molecular weight excluding hydrogens is 458 g/mol. The Morgan fingerprint density at radius 2 is 1.53 bits per heavy atom. The number of aromatic nitrogens is 2. The Hall–Kier alpha value is -3.85. The van der Waals surface area contributed by atoms with E-state index in [1.54, 1.807) is 35.2 Å². The zero-order chi connectivity index (χ0) is 25.4. The van der Waals surface area contributed by atoms with E-state index < -0.39 is 17.9 Å². The van der Waals surface area contributed by atoms with Gasteiger partial charge < -0.3 is 9.88 Å². The number of para-hydroxylation sites is 1. The summed E-state index contributed by atoms with van der Waals surface area (Å²) >= 11 is 0. The molecule has 0 spiro atoms. The van der Waals surface area contributed by atoms with Crippen molar-refractivity contribution in [3.63, 3.8) is 0 Å². The molecule has 3 heterocycles. The molecule has 1 N–H and O–H groups in total. The maximum Gasteiger partial charge on any atom is 0.262 e. The monoisotopic (exact) mass is 487 g/mol. The van der Waals surface area contributed by atoms with Crippen LogP contribution in [0.4, 0.5) is 0 Å². The average molecular weight is 488 g/mol. The fourth-order valence-corrected chi connectivity index (χ4v) is 5.01. The van der Waals surface area contributed by atoms with E-state index in [1.165, 1.54) is 0 Å². The molecule has 1 atom stereocenters. The van der Waals surface area contributed by atoms with Crippen molar-refractivity contribution in [2.75, 3.05) is 26.2 Å². The van der Waals surface area contributed by atoms with Crippen LogP contribution in [0.3, 0.4) is 0 Å². The maximum absolute atomic E-state index is 13.6. The molecule has 9 heteroatoms. The first-order chi connectivity index (χ1) is 17.3. The van der Waals surface area contributed by atoms with Gasteiger partial charge in [0.1, 0.15) is 11.9 Å². The summed E-state index contributed by atoms with van der Waals surface area (Å²) in [6.07, 6.45) is 0.409. The molecule has 1 fully saturated rings. The van der Waals surface area contributed by atoms with Crippen molar-refractivity contribution in [1.29, 1.82) is 0 Å². The number of imide groups is 1. The van der Waals surface area contributed by atoms with Crippen LogP contribution in [0.25, 0.3) is 10.9 Å². The van der Waals surface area contributed by atoms with Crippen molar-refractivity contribution in [3.05, 3.63) is 75.8 Å². The molecule has 9 nitrogen and oxygen atoms in total. The summed E-state index contributed by atoms with van der Waals surface area (Å²) in [4.78, 5) is 64.6. The van der Waals surface area contributed by atoms with E-state index in [2.05, 4.69) is 14.9 Å². The summed E-state index contributed by atoms with van der Waals surface area (Å²) in [6.45, 7) is 6.55. The lowest BCUT2D eigenvalue weighted by Gasteiger charge is -2.38. The molecule has 186 valence electrons. The highest BCUT2D eigenvalue weighted by molar-refractivity contribution is 6.22. The van der Waals surface area contributed by atoms with Crippen LogP contribution in [-0.2, 0) is 11.3 Å². The Balaban J connectivity index is 1.28. The highest BCUT2D eigenvalue weighted by Crippen LogP contribution is 2.28. The molecule has 3 amide bonds. The fourth-order valence-electron chi connectivity index (χ4n) is 5.01. The standard InChI is InChI=1S/C27H29N5O4/c1-17(2)15-22(32-25(34)18-7-3-4-8-19(18)26(32)35)27(36)31-13-11-30(12-14-31)16-23-28-21-10-6-5-9-20(21)24(33)29-23/h3-10,17,22H,11-16H2,1-2H3,(H,28,29,33)/t22-/m0/s1. The number of hydrogen-bond acceptors (Lipinski definition) is 6. The van der Waals surface area contributed by atoms with Crippen molar-refractivity contribution < 1.29 is 14.4 Å². The lowest BCUT2D eigenvalue weighted by molar-refractivity contribution is -0.137. The second kappa shape index (κ2) is 9.66. The maximum atomic E-state index is 13.6. The van der Waals surface area contributed by atoms with Gasteiger partial charge in [0, 0.05) is 26.2 Å². The molecule has 0 bridgehead atoms. The molecule has 0 unspecified atom stereocenters. The molecule has 0 saturated carbocycles. The zero-order valence-electron chi connectivity index (χ0n) is 20.4. The van der Waals surface area contributed by atoms with E-state index in [1.807, 2.05) is 32.0 Å². The van der Waals surface area contributed by atoms with E-state index in [0.29, 0.717) is 67.0 Å². The predicted octanol–water partition coefficient (Wildman–Crippen LogP) is 2.28. The molecular formula is C27H29N5O4. The summed E-state index contributed by atoms with van der Waals surface area (Å²) in [5, 5.41) is 0.556. The van der Waals surface area contributed by atoms with Crippen LogP contribution in [-0.4, -0.2) is 74.6 Å². The molecule has 5 rings (SSSR count). The van der Waals surface area contributed by atoms with Crippen LogP contribution in [0.1, 0.15) is 46.8 Å². The predicted molar refractivity (Wildman–Crippen MR) is 134 cm³/mol. The van der Waals surface area contributed by atoms with Gasteiger partial charge in [0.25, 0.3) is 17.4 Å². The first-order valence-corrected chi connectivity index (χ1v) is 12.3. The number of nitrogens with one attached hydrogen (secondary N) is 1. The van der Waals surface area contributed by atoms with E-state index in [0.717, 1.165) is 4.90 Å². The molecule has 3 aromatic rings. The second-order valence-electron chi connectivity index (χ2n) is 9.80.